The number of amides is 1. The van der Waals surface area contributed by atoms with Crippen molar-refractivity contribution in [2.24, 2.45) is 13.0 Å². The zero-order valence-corrected chi connectivity index (χ0v) is 16.3. The van der Waals surface area contributed by atoms with Gasteiger partial charge in [-0.2, -0.15) is 16.9 Å². The van der Waals surface area contributed by atoms with E-state index in [1.54, 1.807) is 16.7 Å². The largest absolute Gasteiger partial charge is 0.379 e. The maximum Gasteiger partial charge on any atom is 0.255 e. The van der Waals surface area contributed by atoms with Crippen LogP contribution in [0.3, 0.4) is 0 Å². The predicted molar refractivity (Wildman–Crippen MR) is 100 cm³/mol. The summed E-state index contributed by atoms with van der Waals surface area (Å²) >= 11 is 1.66. The maximum absolute atomic E-state index is 12.8. The molecule has 25 heavy (non-hydrogen) atoms. The van der Waals surface area contributed by atoms with Crippen LogP contribution >= 0.6 is 11.8 Å². The van der Waals surface area contributed by atoms with Crippen molar-refractivity contribution in [2.45, 2.75) is 37.8 Å². The molecule has 3 atom stereocenters. The number of likely N-dealkylation sites (tertiary alicyclic amines) is 1. The summed E-state index contributed by atoms with van der Waals surface area (Å²) in [5, 5.41) is 15.0. The van der Waals surface area contributed by atoms with Gasteiger partial charge in [-0.1, -0.05) is 6.92 Å². The van der Waals surface area contributed by atoms with Crippen molar-refractivity contribution >= 4 is 17.7 Å². The molecule has 1 aromatic heterocycles. The maximum atomic E-state index is 12.8. The van der Waals surface area contributed by atoms with Crippen LogP contribution in [0.15, 0.2) is 12.4 Å². The molecule has 0 aromatic carbocycles. The average molecular weight is 367 g/mol. The fourth-order valence-corrected chi connectivity index (χ4v) is 5.52. The lowest BCUT2D eigenvalue weighted by Gasteiger charge is -2.42. The van der Waals surface area contributed by atoms with Crippen LogP contribution in [0.5, 0.6) is 0 Å². The molecule has 1 aromatic rings. The van der Waals surface area contributed by atoms with Gasteiger partial charge in [-0.05, 0) is 44.0 Å². The molecule has 0 saturated carbocycles. The first kappa shape index (κ1) is 18.7. The Bertz CT molecular complexity index is 600. The van der Waals surface area contributed by atoms with Gasteiger partial charge >= 0.3 is 0 Å². The standard InChI is InChI=1S/C18H30N4O2S/c1-4-22-8-5-6-14(16(22)15-10-19-21(3)12-15)11-20(2)17(23)18(24)7-9-25-13-18/h10,12,14,16,24H,4-9,11,13H2,1-3H3/t14-,16+,18?/m0/s1. The van der Waals surface area contributed by atoms with E-state index in [2.05, 4.69) is 23.1 Å². The zero-order chi connectivity index (χ0) is 18.0. The highest BCUT2D eigenvalue weighted by Crippen LogP contribution is 2.37. The fourth-order valence-electron chi connectivity index (χ4n) is 4.29. The number of carbonyl (C=O) groups is 1. The van der Waals surface area contributed by atoms with Crippen LogP contribution in [-0.4, -0.2) is 74.4 Å². The molecule has 2 fully saturated rings. The van der Waals surface area contributed by atoms with Gasteiger partial charge in [0.15, 0.2) is 5.60 Å². The van der Waals surface area contributed by atoms with E-state index in [-0.39, 0.29) is 11.9 Å². The molecule has 1 unspecified atom stereocenters. The lowest BCUT2D eigenvalue weighted by molar-refractivity contribution is -0.148. The summed E-state index contributed by atoms with van der Waals surface area (Å²) in [6.07, 6.45) is 6.86. The van der Waals surface area contributed by atoms with Crippen LogP contribution < -0.4 is 0 Å². The highest BCUT2D eigenvalue weighted by molar-refractivity contribution is 7.99. The Kier molecular flexibility index (Phi) is 5.75. The van der Waals surface area contributed by atoms with Gasteiger partial charge in [0.2, 0.25) is 0 Å². The molecule has 3 rings (SSSR count). The van der Waals surface area contributed by atoms with E-state index >= 15 is 0 Å². The topological polar surface area (TPSA) is 61.6 Å². The Morgan fingerprint density at radius 2 is 2.36 bits per heavy atom. The fraction of sp³-hybridized carbons (Fsp3) is 0.778. The molecule has 0 spiro atoms. The van der Waals surface area contributed by atoms with E-state index in [4.69, 9.17) is 0 Å². The monoisotopic (exact) mass is 366 g/mol. The van der Waals surface area contributed by atoms with Crippen LogP contribution in [0, 0.1) is 5.92 Å². The Hall–Kier alpha value is -1.05. The number of rotatable bonds is 5. The van der Waals surface area contributed by atoms with Crippen molar-refractivity contribution in [2.75, 3.05) is 38.2 Å². The van der Waals surface area contributed by atoms with Gasteiger partial charge in [0.1, 0.15) is 0 Å². The van der Waals surface area contributed by atoms with Gasteiger partial charge in [-0.15, -0.1) is 0 Å². The molecular weight excluding hydrogens is 336 g/mol. The van der Waals surface area contributed by atoms with Crippen LogP contribution in [0.4, 0.5) is 0 Å². The Morgan fingerprint density at radius 1 is 1.56 bits per heavy atom. The van der Waals surface area contributed by atoms with Gasteiger partial charge in [0, 0.05) is 44.2 Å². The van der Waals surface area contributed by atoms with Gasteiger partial charge in [0.05, 0.1) is 6.20 Å². The Morgan fingerprint density at radius 3 is 2.96 bits per heavy atom. The molecule has 140 valence electrons. The molecule has 0 bridgehead atoms. The molecule has 3 heterocycles. The Balaban J connectivity index is 1.75. The minimum Gasteiger partial charge on any atom is -0.379 e. The van der Waals surface area contributed by atoms with Gasteiger partial charge in [-0.25, -0.2) is 0 Å². The van der Waals surface area contributed by atoms with Crippen LogP contribution in [-0.2, 0) is 11.8 Å². The van der Waals surface area contributed by atoms with Crippen LogP contribution in [0.2, 0.25) is 0 Å². The van der Waals surface area contributed by atoms with Crippen LogP contribution in [0.1, 0.15) is 37.8 Å². The van der Waals surface area contributed by atoms with Crippen molar-refractivity contribution in [1.82, 2.24) is 19.6 Å². The third-order valence-electron chi connectivity index (χ3n) is 5.59. The number of hydrogen-bond donors (Lipinski definition) is 1. The lowest BCUT2D eigenvalue weighted by Crippen LogP contribution is -2.51. The molecule has 6 nitrogen and oxygen atoms in total. The second kappa shape index (κ2) is 7.68. The molecular formula is C18H30N4O2S. The van der Waals surface area contributed by atoms with E-state index in [0.717, 1.165) is 31.7 Å². The summed E-state index contributed by atoms with van der Waals surface area (Å²) in [7, 11) is 3.79. The first-order chi connectivity index (χ1) is 11.9. The third-order valence-corrected chi connectivity index (χ3v) is 6.76. The highest BCUT2D eigenvalue weighted by atomic mass is 32.2. The van der Waals surface area contributed by atoms with E-state index in [1.165, 1.54) is 5.56 Å². The molecule has 1 amide bonds. The van der Waals surface area contributed by atoms with Crippen LogP contribution in [0.25, 0.3) is 0 Å². The summed E-state index contributed by atoms with van der Waals surface area (Å²) < 4.78 is 1.85. The van der Waals surface area contributed by atoms with Crippen molar-refractivity contribution < 1.29 is 9.90 Å². The number of nitrogens with zero attached hydrogens (tertiary/aromatic N) is 4. The lowest BCUT2D eigenvalue weighted by atomic mass is 9.85. The third kappa shape index (κ3) is 3.88. The summed E-state index contributed by atoms with van der Waals surface area (Å²) in [5.74, 6) is 1.63. The van der Waals surface area contributed by atoms with Crippen molar-refractivity contribution in [3.63, 3.8) is 0 Å². The number of aryl methyl sites for hydroxylation is 1. The van der Waals surface area contributed by atoms with Crippen molar-refractivity contribution in [3.05, 3.63) is 18.0 Å². The summed E-state index contributed by atoms with van der Waals surface area (Å²) in [6, 6.07) is 0.287. The number of carbonyl (C=O) groups excluding carboxylic acids is 1. The van der Waals surface area contributed by atoms with Gasteiger partial charge in [0.25, 0.3) is 5.91 Å². The van der Waals surface area contributed by atoms with E-state index in [1.807, 2.05) is 25.0 Å². The predicted octanol–water partition coefficient (Wildman–Crippen LogP) is 1.52. The van der Waals surface area contributed by atoms with E-state index in [0.29, 0.717) is 24.6 Å². The van der Waals surface area contributed by atoms with E-state index < -0.39 is 5.60 Å². The molecule has 2 aliphatic rings. The second-order valence-corrected chi connectivity index (χ2v) is 8.55. The molecule has 1 N–H and O–H groups in total. The summed E-state index contributed by atoms with van der Waals surface area (Å²) in [4.78, 5) is 17.0. The molecule has 7 heteroatoms. The minimum absolute atomic E-state index is 0.115. The quantitative estimate of drug-likeness (QED) is 0.856. The minimum atomic E-state index is -1.16. The first-order valence-corrected chi connectivity index (χ1v) is 10.4. The Labute approximate surface area is 154 Å². The number of aliphatic hydroxyl groups is 1. The second-order valence-electron chi connectivity index (χ2n) is 7.44. The smallest absolute Gasteiger partial charge is 0.255 e. The first-order valence-electron chi connectivity index (χ1n) is 9.23. The number of aromatic nitrogens is 2. The molecule has 2 aliphatic heterocycles. The number of hydrogen-bond acceptors (Lipinski definition) is 5. The summed E-state index contributed by atoms with van der Waals surface area (Å²) in [6.45, 7) is 4.96. The molecule has 2 saturated heterocycles. The van der Waals surface area contributed by atoms with E-state index in [9.17, 15) is 9.90 Å². The number of likely N-dealkylation sites (N-methyl/N-ethyl adjacent to an activating group) is 1. The zero-order valence-electron chi connectivity index (χ0n) is 15.5. The number of piperidine rings is 1. The normalized spacial score (nSPS) is 30.6. The van der Waals surface area contributed by atoms with Crippen molar-refractivity contribution in [1.29, 1.82) is 0 Å². The van der Waals surface area contributed by atoms with Gasteiger partial charge in [-0.3, -0.25) is 14.4 Å². The molecule has 0 aliphatic carbocycles. The molecule has 0 radical (unpaired) electrons. The average Bonchev–Trinajstić information content (AvgIpc) is 3.23. The SMILES string of the molecule is CCN1CCC[C@@H](CN(C)C(=O)C2(O)CCSC2)[C@@H]1c1cnn(C)c1. The summed E-state index contributed by atoms with van der Waals surface area (Å²) in [5.41, 5.74) is 0.0625. The van der Waals surface area contributed by atoms with Crippen molar-refractivity contribution in [3.8, 4) is 0 Å². The number of thioether (sulfide) groups is 1. The van der Waals surface area contributed by atoms with Gasteiger partial charge < -0.3 is 10.0 Å². The highest BCUT2D eigenvalue weighted by Gasteiger charge is 2.42.